The van der Waals surface area contributed by atoms with Gasteiger partial charge in [0.2, 0.25) is 0 Å². The van der Waals surface area contributed by atoms with Crippen LogP contribution >= 0.6 is 0 Å². The molecule has 1 saturated heterocycles. The number of rotatable bonds is 4. The molecule has 1 aliphatic rings. The quantitative estimate of drug-likeness (QED) is 0.493. The highest BCUT2D eigenvalue weighted by Crippen LogP contribution is 2.20. The minimum Gasteiger partial charge on any atom is -0.396 e. The summed E-state index contributed by atoms with van der Waals surface area (Å²) in [4.78, 5) is 0. The molecule has 0 aromatic carbocycles. The fraction of sp³-hybridized carbons (Fsp3) is 0.778. The van der Waals surface area contributed by atoms with E-state index in [2.05, 4.69) is 6.58 Å². The van der Waals surface area contributed by atoms with Crippen molar-refractivity contribution in [2.45, 2.75) is 31.8 Å². The average Bonchev–Trinajstić information content (AvgIpc) is 2.37. The molecule has 0 aliphatic carbocycles. The maximum absolute atomic E-state index is 8.53. The lowest BCUT2D eigenvalue weighted by molar-refractivity contribution is 0.103. The Morgan fingerprint density at radius 1 is 1.55 bits per heavy atom. The number of aliphatic hydroxyl groups is 1. The molecule has 0 aromatic rings. The molecule has 64 valence electrons. The van der Waals surface area contributed by atoms with Crippen molar-refractivity contribution in [3.05, 3.63) is 12.2 Å². The Labute approximate surface area is 67.9 Å². The molecular weight excluding hydrogens is 140 g/mol. The molecule has 1 atom stereocenters. The van der Waals surface area contributed by atoms with E-state index >= 15 is 0 Å². The summed E-state index contributed by atoms with van der Waals surface area (Å²) in [6, 6.07) is 0. The van der Waals surface area contributed by atoms with Gasteiger partial charge in [-0.3, -0.25) is 0 Å². The summed E-state index contributed by atoms with van der Waals surface area (Å²) in [6.07, 6.45) is 4.43. The van der Waals surface area contributed by atoms with Crippen LogP contribution in [0.15, 0.2) is 12.2 Å². The van der Waals surface area contributed by atoms with Gasteiger partial charge in [0, 0.05) is 6.61 Å². The van der Waals surface area contributed by atoms with Crippen LogP contribution in [-0.2, 0) is 4.74 Å². The second-order valence-corrected chi connectivity index (χ2v) is 3.11. The Morgan fingerprint density at radius 3 is 2.91 bits per heavy atom. The SMILES string of the molecule is C=C1COC(CCCCO)C1. The number of hydrogen-bond donors (Lipinski definition) is 1. The standard InChI is InChI=1S/C9H16O2/c1-8-6-9(11-7-8)4-2-3-5-10/h9-10H,1-7H2. The molecule has 1 N–H and O–H groups in total. The van der Waals surface area contributed by atoms with E-state index in [0.717, 1.165) is 32.3 Å². The molecule has 0 aromatic heterocycles. The molecule has 2 nitrogen and oxygen atoms in total. The summed E-state index contributed by atoms with van der Waals surface area (Å²) < 4.78 is 5.43. The van der Waals surface area contributed by atoms with E-state index in [-0.39, 0.29) is 0 Å². The highest BCUT2D eigenvalue weighted by Gasteiger charge is 2.17. The van der Waals surface area contributed by atoms with Crippen molar-refractivity contribution in [2.24, 2.45) is 0 Å². The molecule has 0 amide bonds. The molecule has 1 aliphatic heterocycles. The molecule has 1 unspecified atom stereocenters. The van der Waals surface area contributed by atoms with E-state index in [1.54, 1.807) is 0 Å². The highest BCUT2D eigenvalue weighted by atomic mass is 16.5. The smallest absolute Gasteiger partial charge is 0.0679 e. The molecular formula is C9H16O2. The molecule has 1 rings (SSSR count). The number of unbranched alkanes of at least 4 members (excludes halogenated alkanes) is 1. The fourth-order valence-electron chi connectivity index (χ4n) is 1.34. The van der Waals surface area contributed by atoms with Crippen LogP contribution < -0.4 is 0 Å². The van der Waals surface area contributed by atoms with E-state index in [1.807, 2.05) is 0 Å². The van der Waals surface area contributed by atoms with Crippen molar-refractivity contribution in [2.75, 3.05) is 13.2 Å². The number of ether oxygens (including phenoxy) is 1. The first kappa shape index (κ1) is 8.75. The van der Waals surface area contributed by atoms with Gasteiger partial charge in [0.1, 0.15) is 0 Å². The lowest BCUT2D eigenvalue weighted by Gasteiger charge is -2.06. The first-order chi connectivity index (χ1) is 5.33. The first-order valence-electron chi connectivity index (χ1n) is 4.22. The van der Waals surface area contributed by atoms with Gasteiger partial charge in [0.15, 0.2) is 0 Å². The molecule has 1 fully saturated rings. The summed E-state index contributed by atoms with van der Waals surface area (Å²) in [7, 11) is 0. The number of hydrogen-bond acceptors (Lipinski definition) is 2. The first-order valence-corrected chi connectivity index (χ1v) is 4.22. The maximum Gasteiger partial charge on any atom is 0.0679 e. The van der Waals surface area contributed by atoms with Gasteiger partial charge in [0.25, 0.3) is 0 Å². The van der Waals surface area contributed by atoms with Crippen LogP contribution in [0, 0.1) is 0 Å². The van der Waals surface area contributed by atoms with Crippen LogP contribution in [0.4, 0.5) is 0 Å². The topological polar surface area (TPSA) is 29.5 Å². The third kappa shape index (κ3) is 3.04. The van der Waals surface area contributed by atoms with E-state index in [4.69, 9.17) is 9.84 Å². The van der Waals surface area contributed by atoms with Gasteiger partial charge in [-0.05, 0) is 31.3 Å². The minimum atomic E-state index is 0.299. The Kier molecular flexibility index (Phi) is 3.60. The zero-order valence-electron chi connectivity index (χ0n) is 6.88. The summed E-state index contributed by atoms with van der Waals surface area (Å²) in [5.41, 5.74) is 1.21. The van der Waals surface area contributed by atoms with Gasteiger partial charge in [-0.2, -0.15) is 0 Å². The summed E-state index contributed by atoms with van der Waals surface area (Å²) in [5.74, 6) is 0. The van der Waals surface area contributed by atoms with Crippen LogP contribution in [0.25, 0.3) is 0 Å². The van der Waals surface area contributed by atoms with Crippen LogP contribution in [0.3, 0.4) is 0 Å². The lowest BCUT2D eigenvalue weighted by atomic mass is 10.1. The highest BCUT2D eigenvalue weighted by molar-refractivity contribution is 5.01. The van der Waals surface area contributed by atoms with Crippen molar-refractivity contribution in [3.63, 3.8) is 0 Å². The summed E-state index contributed by atoms with van der Waals surface area (Å²) >= 11 is 0. The molecule has 0 radical (unpaired) electrons. The molecule has 11 heavy (non-hydrogen) atoms. The predicted molar refractivity (Wildman–Crippen MR) is 44.4 cm³/mol. The molecule has 0 saturated carbocycles. The third-order valence-corrected chi connectivity index (χ3v) is 1.97. The van der Waals surface area contributed by atoms with Gasteiger partial charge in [-0.1, -0.05) is 6.58 Å². The van der Waals surface area contributed by atoms with E-state index in [9.17, 15) is 0 Å². The molecule has 0 spiro atoms. The van der Waals surface area contributed by atoms with Crippen molar-refractivity contribution >= 4 is 0 Å². The Bertz CT molecular complexity index is 132. The van der Waals surface area contributed by atoms with Crippen LogP contribution in [0.2, 0.25) is 0 Å². The lowest BCUT2D eigenvalue weighted by Crippen LogP contribution is -2.04. The van der Waals surface area contributed by atoms with Crippen molar-refractivity contribution in [1.29, 1.82) is 0 Å². The largest absolute Gasteiger partial charge is 0.396 e. The van der Waals surface area contributed by atoms with E-state index in [0.29, 0.717) is 12.7 Å². The van der Waals surface area contributed by atoms with Gasteiger partial charge in [-0.15, -0.1) is 0 Å². The maximum atomic E-state index is 8.53. The van der Waals surface area contributed by atoms with Crippen molar-refractivity contribution in [1.82, 2.24) is 0 Å². The third-order valence-electron chi connectivity index (χ3n) is 1.97. The van der Waals surface area contributed by atoms with E-state index in [1.165, 1.54) is 5.57 Å². The zero-order valence-corrected chi connectivity index (χ0v) is 6.88. The Morgan fingerprint density at radius 2 is 2.36 bits per heavy atom. The van der Waals surface area contributed by atoms with Crippen molar-refractivity contribution in [3.8, 4) is 0 Å². The van der Waals surface area contributed by atoms with Crippen LogP contribution in [0.5, 0.6) is 0 Å². The van der Waals surface area contributed by atoms with Gasteiger partial charge < -0.3 is 9.84 Å². The molecule has 0 bridgehead atoms. The zero-order chi connectivity index (χ0) is 8.10. The van der Waals surface area contributed by atoms with Crippen molar-refractivity contribution < 1.29 is 9.84 Å². The molecule has 1 heterocycles. The summed E-state index contributed by atoms with van der Waals surface area (Å²) in [5, 5.41) is 8.53. The minimum absolute atomic E-state index is 0.299. The van der Waals surface area contributed by atoms with Gasteiger partial charge in [-0.25, -0.2) is 0 Å². The second kappa shape index (κ2) is 4.52. The molecule has 2 heteroatoms. The average molecular weight is 156 g/mol. The number of aliphatic hydroxyl groups excluding tert-OH is 1. The van der Waals surface area contributed by atoms with E-state index < -0.39 is 0 Å². The Hall–Kier alpha value is -0.340. The fourth-order valence-corrected chi connectivity index (χ4v) is 1.34. The van der Waals surface area contributed by atoms with Gasteiger partial charge in [0.05, 0.1) is 12.7 Å². The monoisotopic (exact) mass is 156 g/mol. The van der Waals surface area contributed by atoms with Gasteiger partial charge >= 0.3 is 0 Å². The predicted octanol–water partition coefficient (Wildman–Crippen LogP) is 1.49. The second-order valence-electron chi connectivity index (χ2n) is 3.11. The van der Waals surface area contributed by atoms with Crippen LogP contribution in [-0.4, -0.2) is 24.4 Å². The van der Waals surface area contributed by atoms with Crippen LogP contribution in [0.1, 0.15) is 25.7 Å². The normalized spacial score (nSPS) is 24.5. The summed E-state index contributed by atoms with van der Waals surface area (Å²) in [6.45, 7) is 4.90. The Balaban J connectivity index is 2.04.